The Kier molecular flexibility index (Phi) is 4.62. The molecule has 1 aliphatic heterocycles. The van der Waals surface area contributed by atoms with E-state index in [0.717, 1.165) is 11.3 Å². The highest BCUT2D eigenvalue weighted by Crippen LogP contribution is 2.33. The lowest BCUT2D eigenvalue weighted by Crippen LogP contribution is -2.40. The van der Waals surface area contributed by atoms with Crippen molar-refractivity contribution in [3.8, 4) is 5.75 Å². The topological polar surface area (TPSA) is 50.8 Å². The molecule has 0 aromatic heterocycles. The van der Waals surface area contributed by atoms with Gasteiger partial charge in [0.2, 0.25) is 5.91 Å². The number of ether oxygens (including phenoxy) is 2. The Morgan fingerprint density at radius 2 is 2.05 bits per heavy atom. The molecule has 0 radical (unpaired) electrons. The van der Waals surface area contributed by atoms with E-state index in [2.05, 4.69) is 5.32 Å². The van der Waals surface area contributed by atoms with E-state index in [1.165, 1.54) is 0 Å². The summed E-state index contributed by atoms with van der Waals surface area (Å²) in [5, 5.41) is 3.32. The molecule has 0 saturated carbocycles. The predicted molar refractivity (Wildman–Crippen MR) is 76.5 cm³/mol. The van der Waals surface area contributed by atoms with Gasteiger partial charge in [0, 0.05) is 12.7 Å². The van der Waals surface area contributed by atoms with Gasteiger partial charge in [-0.25, -0.2) is 0 Å². The first-order chi connectivity index (χ1) is 9.60. The van der Waals surface area contributed by atoms with Crippen LogP contribution in [-0.4, -0.2) is 43.7 Å². The molecule has 1 aromatic carbocycles. The normalized spacial score (nSPS) is 24.0. The van der Waals surface area contributed by atoms with E-state index in [0.29, 0.717) is 6.61 Å². The fourth-order valence-electron chi connectivity index (χ4n) is 2.66. The van der Waals surface area contributed by atoms with Crippen molar-refractivity contribution in [3.63, 3.8) is 0 Å². The van der Waals surface area contributed by atoms with E-state index >= 15 is 0 Å². The van der Waals surface area contributed by atoms with Crippen LogP contribution in [0.5, 0.6) is 5.75 Å². The van der Waals surface area contributed by atoms with Gasteiger partial charge < -0.3 is 14.4 Å². The first-order valence-corrected chi connectivity index (χ1v) is 6.80. The van der Waals surface area contributed by atoms with Crippen molar-refractivity contribution in [2.75, 3.05) is 20.8 Å². The van der Waals surface area contributed by atoms with Gasteiger partial charge in [-0.2, -0.15) is 0 Å². The maximum Gasteiger partial charge on any atom is 0.241 e. The number of para-hydroxylation sites is 1. The zero-order chi connectivity index (χ0) is 14.7. The minimum Gasteiger partial charge on any atom is -0.496 e. The summed E-state index contributed by atoms with van der Waals surface area (Å²) in [5.41, 5.74) is 0.968. The van der Waals surface area contributed by atoms with Gasteiger partial charge in [0.25, 0.3) is 0 Å². The van der Waals surface area contributed by atoms with Gasteiger partial charge in [0.05, 0.1) is 25.8 Å². The fourth-order valence-corrected chi connectivity index (χ4v) is 2.66. The van der Waals surface area contributed by atoms with Crippen LogP contribution in [0, 0.1) is 0 Å². The molecule has 5 heteroatoms. The van der Waals surface area contributed by atoms with Gasteiger partial charge in [0.15, 0.2) is 0 Å². The van der Waals surface area contributed by atoms with Gasteiger partial charge in [0.1, 0.15) is 11.9 Å². The molecular formula is C15H22N2O3. The molecule has 0 bridgehead atoms. The lowest BCUT2D eigenvalue weighted by molar-refractivity contribution is -0.132. The Morgan fingerprint density at radius 3 is 2.70 bits per heavy atom. The molecular weight excluding hydrogens is 256 g/mol. The standard InChI is InChI=1S/C15H22N2O3/c1-10(9-19-3)17-14(16-11(2)15(17)18)12-7-5-6-8-13(12)20-4/h5-8,10-11,14,16H,9H2,1-4H3. The van der Waals surface area contributed by atoms with Crippen LogP contribution >= 0.6 is 0 Å². The van der Waals surface area contributed by atoms with Crippen LogP contribution < -0.4 is 10.1 Å². The number of benzene rings is 1. The van der Waals surface area contributed by atoms with Crippen LogP contribution in [0.3, 0.4) is 0 Å². The third-order valence-corrected chi connectivity index (χ3v) is 3.63. The Morgan fingerprint density at radius 1 is 1.35 bits per heavy atom. The number of carbonyl (C=O) groups excluding carboxylic acids is 1. The summed E-state index contributed by atoms with van der Waals surface area (Å²) in [4.78, 5) is 14.2. The average Bonchev–Trinajstić information content (AvgIpc) is 2.75. The SMILES string of the molecule is COCC(C)N1C(=O)C(C)NC1c1ccccc1OC. The lowest BCUT2D eigenvalue weighted by Gasteiger charge is -2.30. The lowest BCUT2D eigenvalue weighted by atomic mass is 10.1. The first kappa shape index (κ1) is 14.8. The van der Waals surface area contributed by atoms with Gasteiger partial charge in [-0.15, -0.1) is 0 Å². The zero-order valence-corrected chi connectivity index (χ0v) is 12.4. The number of nitrogens with one attached hydrogen (secondary N) is 1. The molecule has 5 nitrogen and oxygen atoms in total. The predicted octanol–water partition coefficient (Wildman–Crippen LogP) is 1.55. The van der Waals surface area contributed by atoms with Crippen molar-refractivity contribution < 1.29 is 14.3 Å². The maximum absolute atomic E-state index is 12.4. The minimum atomic E-state index is -0.204. The van der Waals surface area contributed by atoms with Crippen LogP contribution in [0.25, 0.3) is 0 Å². The summed E-state index contributed by atoms with van der Waals surface area (Å²) < 4.78 is 10.6. The Hall–Kier alpha value is -1.59. The van der Waals surface area contributed by atoms with Crippen LogP contribution in [-0.2, 0) is 9.53 Å². The second-order valence-corrected chi connectivity index (χ2v) is 5.08. The van der Waals surface area contributed by atoms with Crippen molar-refractivity contribution in [3.05, 3.63) is 29.8 Å². The number of methoxy groups -OCH3 is 2. The summed E-state index contributed by atoms with van der Waals surface area (Å²) in [6, 6.07) is 7.55. The summed E-state index contributed by atoms with van der Waals surface area (Å²) in [6.07, 6.45) is -0.182. The molecule has 2 rings (SSSR count). The van der Waals surface area contributed by atoms with E-state index in [4.69, 9.17) is 9.47 Å². The molecule has 1 saturated heterocycles. The van der Waals surface area contributed by atoms with E-state index < -0.39 is 0 Å². The average molecular weight is 278 g/mol. The van der Waals surface area contributed by atoms with Crippen LogP contribution in [0.4, 0.5) is 0 Å². The highest BCUT2D eigenvalue weighted by Gasteiger charge is 2.40. The number of carbonyl (C=O) groups is 1. The van der Waals surface area contributed by atoms with Crippen LogP contribution in [0.1, 0.15) is 25.6 Å². The van der Waals surface area contributed by atoms with Crippen molar-refractivity contribution >= 4 is 5.91 Å². The molecule has 1 fully saturated rings. The number of rotatable bonds is 5. The Bertz CT molecular complexity index is 478. The van der Waals surface area contributed by atoms with Crippen LogP contribution in [0.15, 0.2) is 24.3 Å². The van der Waals surface area contributed by atoms with E-state index in [9.17, 15) is 4.79 Å². The smallest absolute Gasteiger partial charge is 0.241 e. The van der Waals surface area contributed by atoms with E-state index in [-0.39, 0.29) is 24.2 Å². The van der Waals surface area contributed by atoms with Crippen molar-refractivity contribution in [1.82, 2.24) is 10.2 Å². The van der Waals surface area contributed by atoms with Crippen LogP contribution in [0.2, 0.25) is 0 Å². The molecule has 1 aliphatic rings. The number of amides is 1. The largest absolute Gasteiger partial charge is 0.496 e. The van der Waals surface area contributed by atoms with E-state index in [1.54, 1.807) is 14.2 Å². The van der Waals surface area contributed by atoms with Crippen molar-refractivity contribution in [2.45, 2.75) is 32.1 Å². The third-order valence-electron chi connectivity index (χ3n) is 3.63. The molecule has 20 heavy (non-hydrogen) atoms. The monoisotopic (exact) mass is 278 g/mol. The second-order valence-electron chi connectivity index (χ2n) is 5.08. The number of hydrogen-bond donors (Lipinski definition) is 1. The molecule has 0 spiro atoms. The first-order valence-electron chi connectivity index (χ1n) is 6.80. The van der Waals surface area contributed by atoms with Crippen molar-refractivity contribution in [2.24, 2.45) is 0 Å². The van der Waals surface area contributed by atoms with E-state index in [1.807, 2.05) is 43.0 Å². The Balaban J connectivity index is 2.35. The maximum atomic E-state index is 12.4. The summed E-state index contributed by atoms with van der Waals surface area (Å²) in [7, 11) is 3.29. The summed E-state index contributed by atoms with van der Waals surface area (Å²) in [6.45, 7) is 4.37. The quantitative estimate of drug-likeness (QED) is 0.888. The molecule has 0 aliphatic carbocycles. The highest BCUT2D eigenvalue weighted by molar-refractivity contribution is 5.84. The minimum absolute atomic E-state index is 0.000128. The molecule has 110 valence electrons. The number of nitrogens with zero attached hydrogens (tertiary/aromatic N) is 1. The number of hydrogen-bond acceptors (Lipinski definition) is 4. The van der Waals surface area contributed by atoms with Gasteiger partial charge in [-0.05, 0) is 19.9 Å². The zero-order valence-electron chi connectivity index (χ0n) is 12.4. The molecule has 1 amide bonds. The molecule has 1 aromatic rings. The third kappa shape index (κ3) is 2.64. The molecule has 1 N–H and O–H groups in total. The Labute approximate surface area is 119 Å². The summed E-state index contributed by atoms with van der Waals surface area (Å²) >= 11 is 0. The van der Waals surface area contributed by atoms with Gasteiger partial charge >= 0.3 is 0 Å². The van der Waals surface area contributed by atoms with Gasteiger partial charge in [-0.1, -0.05) is 18.2 Å². The highest BCUT2D eigenvalue weighted by atomic mass is 16.5. The van der Waals surface area contributed by atoms with Gasteiger partial charge in [-0.3, -0.25) is 10.1 Å². The summed E-state index contributed by atoms with van der Waals surface area (Å²) in [5.74, 6) is 0.868. The molecule has 3 unspecified atom stereocenters. The molecule has 3 atom stereocenters. The van der Waals surface area contributed by atoms with Crippen molar-refractivity contribution in [1.29, 1.82) is 0 Å². The molecule has 1 heterocycles. The fraction of sp³-hybridized carbons (Fsp3) is 0.533. The second kappa shape index (κ2) is 6.24.